The van der Waals surface area contributed by atoms with E-state index in [4.69, 9.17) is 0 Å². The van der Waals surface area contributed by atoms with E-state index in [0.717, 1.165) is 12.0 Å². The van der Waals surface area contributed by atoms with Crippen molar-refractivity contribution in [3.63, 3.8) is 0 Å². The molecule has 0 aliphatic heterocycles. The zero-order valence-corrected chi connectivity index (χ0v) is 15.8. The number of rotatable bonds is 7. The molecule has 0 aliphatic rings. The highest BCUT2D eigenvalue weighted by atomic mass is 16.2. The Morgan fingerprint density at radius 1 is 0.889 bits per heavy atom. The van der Waals surface area contributed by atoms with Crippen LogP contribution in [-0.2, 0) is 16.0 Å². The molecule has 0 radical (unpaired) electrons. The average Bonchev–Trinajstić information content (AvgIpc) is 2.63. The Bertz CT molecular complexity index is 798. The summed E-state index contributed by atoms with van der Waals surface area (Å²) in [4.78, 5) is 35.3. The van der Waals surface area contributed by atoms with Crippen LogP contribution in [0.1, 0.15) is 43.1 Å². The van der Waals surface area contributed by atoms with Crippen LogP contribution in [0, 0.1) is 0 Å². The fraction of sp³-hybridized carbons (Fsp3) is 0.286. The second kappa shape index (κ2) is 9.52. The van der Waals surface area contributed by atoms with Gasteiger partial charge in [-0.15, -0.1) is 0 Å². The first-order valence-electron chi connectivity index (χ1n) is 8.94. The van der Waals surface area contributed by atoms with Crippen LogP contribution in [0.4, 0.5) is 11.4 Å². The highest BCUT2D eigenvalue weighted by Gasteiger charge is 2.09. The van der Waals surface area contributed by atoms with Crippen molar-refractivity contribution in [2.24, 2.45) is 0 Å². The Labute approximate surface area is 159 Å². The number of benzene rings is 2. The van der Waals surface area contributed by atoms with Crippen LogP contribution < -0.4 is 16.0 Å². The largest absolute Gasteiger partial charge is 0.350 e. The topological polar surface area (TPSA) is 87.3 Å². The third kappa shape index (κ3) is 6.58. The van der Waals surface area contributed by atoms with Crippen LogP contribution in [0.5, 0.6) is 0 Å². The molecule has 0 fully saturated rings. The molecule has 0 aromatic heterocycles. The lowest BCUT2D eigenvalue weighted by atomic mass is 10.1. The smallest absolute Gasteiger partial charge is 0.251 e. The molecular weight excluding hydrogens is 342 g/mol. The predicted molar refractivity (Wildman–Crippen MR) is 107 cm³/mol. The Balaban J connectivity index is 1.90. The van der Waals surface area contributed by atoms with Gasteiger partial charge in [-0.05, 0) is 55.3 Å². The summed E-state index contributed by atoms with van der Waals surface area (Å²) in [6.45, 7) is 5.41. The first-order chi connectivity index (χ1) is 12.9. The summed E-state index contributed by atoms with van der Waals surface area (Å²) >= 11 is 0. The van der Waals surface area contributed by atoms with Crippen molar-refractivity contribution in [3.05, 3.63) is 59.7 Å². The number of nitrogens with one attached hydrogen (secondary N) is 3. The molecule has 0 bridgehead atoms. The number of carbonyl (C=O) groups is 3. The van der Waals surface area contributed by atoms with E-state index in [1.54, 1.807) is 48.5 Å². The zero-order chi connectivity index (χ0) is 19.8. The summed E-state index contributed by atoms with van der Waals surface area (Å²) < 4.78 is 0. The van der Waals surface area contributed by atoms with Crippen LogP contribution in [0.3, 0.4) is 0 Å². The Kier molecular flexibility index (Phi) is 7.11. The molecule has 0 heterocycles. The van der Waals surface area contributed by atoms with E-state index < -0.39 is 0 Å². The van der Waals surface area contributed by atoms with Crippen LogP contribution in [0.25, 0.3) is 0 Å². The summed E-state index contributed by atoms with van der Waals surface area (Å²) in [5.74, 6) is -0.414. The van der Waals surface area contributed by atoms with Gasteiger partial charge in [-0.2, -0.15) is 0 Å². The molecule has 1 unspecified atom stereocenters. The van der Waals surface area contributed by atoms with Gasteiger partial charge in [0, 0.05) is 29.9 Å². The average molecular weight is 367 g/mol. The molecule has 6 heteroatoms. The lowest BCUT2D eigenvalue weighted by molar-refractivity contribution is -0.116. The van der Waals surface area contributed by atoms with Gasteiger partial charge in [0.05, 0.1) is 6.42 Å². The van der Waals surface area contributed by atoms with Gasteiger partial charge in [-0.3, -0.25) is 14.4 Å². The lowest BCUT2D eigenvalue weighted by Gasteiger charge is -2.12. The van der Waals surface area contributed by atoms with E-state index in [1.165, 1.54) is 6.92 Å². The lowest BCUT2D eigenvalue weighted by Crippen LogP contribution is -2.31. The van der Waals surface area contributed by atoms with E-state index in [-0.39, 0.29) is 30.2 Å². The minimum absolute atomic E-state index is 0.119. The zero-order valence-electron chi connectivity index (χ0n) is 15.8. The molecule has 27 heavy (non-hydrogen) atoms. The Morgan fingerprint density at radius 3 is 2.00 bits per heavy atom. The third-order valence-electron chi connectivity index (χ3n) is 4.06. The first-order valence-corrected chi connectivity index (χ1v) is 8.94. The summed E-state index contributed by atoms with van der Waals surface area (Å²) in [6, 6.07) is 14.0. The van der Waals surface area contributed by atoms with E-state index in [2.05, 4.69) is 16.0 Å². The Hall–Kier alpha value is -3.15. The standard InChI is InChI=1S/C21H25N3O3/c1-4-14(2)22-21(27)17-7-11-19(12-8-17)24-20(26)13-16-5-9-18(10-6-16)23-15(3)25/h5-12,14H,4,13H2,1-3H3,(H,22,27)(H,23,25)(H,24,26). The van der Waals surface area contributed by atoms with Crippen LogP contribution in [0.15, 0.2) is 48.5 Å². The highest BCUT2D eigenvalue weighted by molar-refractivity contribution is 5.96. The maximum Gasteiger partial charge on any atom is 0.251 e. The van der Waals surface area contributed by atoms with Crippen molar-refractivity contribution in [1.29, 1.82) is 0 Å². The van der Waals surface area contributed by atoms with Crippen molar-refractivity contribution in [1.82, 2.24) is 5.32 Å². The molecule has 1 atom stereocenters. The highest BCUT2D eigenvalue weighted by Crippen LogP contribution is 2.13. The Morgan fingerprint density at radius 2 is 1.44 bits per heavy atom. The number of amides is 3. The van der Waals surface area contributed by atoms with E-state index in [9.17, 15) is 14.4 Å². The summed E-state index contributed by atoms with van der Waals surface area (Å²) in [5, 5.41) is 8.40. The predicted octanol–water partition coefficient (Wildman–Crippen LogP) is 3.35. The summed E-state index contributed by atoms with van der Waals surface area (Å²) in [5.41, 5.74) is 2.72. The first kappa shape index (κ1) is 20.2. The minimum Gasteiger partial charge on any atom is -0.350 e. The van der Waals surface area contributed by atoms with Gasteiger partial charge in [-0.25, -0.2) is 0 Å². The molecule has 142 valence electrons. The fourth-order valence-electron chi connectivity index (χ4n) is 2.41. The van der Waals surface area contributed by atoms with Crippen molar-refractivity contribution in [2.75, 3.05) is 10.6 Å². The monoisotopic (exact) mass is 367 g/mol. The molecular formula is C21H25N3O3. The molecule has 0 saturated carbocycles. The van der Waals surface area contributed by atoms with Crippen LogP contribution in [0.2, 0.25) is 0 Å². The molecule has 3 amide bonds. The molecule has 0 spiro atoms. The van der Waals surface area contributed by atoms with Gasteiger partial charge in [0.25, 0.3) is 5.91 Å². The molecule has 3 N–H and O–H groups in total. The number of hydrogen-bond donors (Lipinski definition) is 3. The fourth-order valence-corrected chi connectivity index (χ4v) is 2.41. The van der Waals surface area contributed by atoms with Crippen molar-refractivity contribution < 1.29 is 14.4 Å². The van der Waals surface area contributed by atoms with E-state index in [1.807, 2.05) is 13.8 Å². The van der Waals surface area contributed by atoms with Gasteiger partial charge >= 0.3 is 0 Å². The van der Waals surface area contributed by atoms with E-state index in [0.29, 0.717) is 16.9 Å². The van der Waals surface area contributed by atoms with E-state index >= 15 is 0 Å². The number of hydrogen-bond acceptors (Lipinski definition) is 3. The van der Waals surface area contributed by atoms with Gasteiger partial charge < -0.3 is 16.0 Å². The second-order valence-corrected chi connectivity index (χ2v) is 6.46. The van der Waals surface area contributed by atoms with Crippen LogP contribution >= 0.6 is 0 Å². The summed E-state index contributed by atoms with van der Waals surface area (Å²) in [6.07, 6.45) is 1.09. The quantitative estimate of drug-likeness (QED) is 0.701. The van der Waals surface area contributed by atoms with Gasteiger partial charge in [0.2, 0.25) is 11.8 Å². The van der Waals surface area contributed by atoms with Gasteiger partial charge in [-0.1, -0.05) is 19.1 Å². The van der Waals surface area contributed by atoms with Crippen molar-refractivity contribution in [2.45, 2.75) is 39.7 Å². The van der Waals surface area contributed by atoms with Crippen molar-refractivity contribution in [3.8, 4) is 0 Å². The van der Waals surface area contributed by atoms with Crippen LogP contribution in [-0.4, -0.2) is 23.8 Å². The SMILES string of the molecule is CCC(C)NC(=O)c1ccc(NC(=O)Cc2ccc(NC(C)=O)cc2)cc1. The molecule has 0 aliphatic carbocycles. The minimum atomic E-state index is -0.154. The van der Waals surface area contributed by atoms with Gasteiger partial charge in [0.1, 0.15) is 0 Å². The van der Waals surface area contributed by atoms with Crippen molar-refractivity contribution >= 4 is 29.1 Å². The third-order valence-corrected chi connectivity index (χ3v) is 4.06. The molecule has 0 saturated heterocycles. The molecule has 2 rings (SSSR count). The maximum absolute atomic E-state index is 12.2. The maximum atomic E-state index is 12.2. The van der Waals surface area contributed by atoms with Gasteiger partial charge in [0.15, 0.2) is 0 Å². The number of carbonyl (C=O) groups excluding carboxylic acids is 3. The number of anilines is 2. The second-order valence-electron chi connectivity index (χ2n) is 6.46. The summed E-state index contributed by atoms with van der Waals surface area (Å²) in [7, 11) is 0. The normalized spacial score (nSPS) is 11.4. The molecule has 2 aromatic rings. The molecule has 6 nitrogen and oxygen atoms in total. The molecule has 2 aromatic carbocycles.